The van der Waals surface area contributed by atoms with Crippen molar-refractivity contribution in [2.45, 2.75) is 44.6 Å². The molecule has 3 N–H and O–H groups in total. The predicted molar refractivity (Wildman–Crippen MR) is 80.8 cm³/mol. The van der Waals surface area contributed by atoms with Crippen LogP contribution in [-0.2, 0) is 0 Å². The summed E-state index contributed by atoms with van der Waals surface area (Å²) in [5.74, 6) is -0.132. The summed E-state index contributed by atoms with van der Waals surface area (Å²) in [5.41, 5.74) is 6.74. The molecule has 1 aromatic rings. The highest BCUT2D eigenvalue weighted by molar-refractivity contribution is 6.35. The number of halogens is 2. The monoisotopic (exact) mass is 301 g/mol. The molecule has 0 radical (unpaired) electrons. The van der Waals surface area contributed by atoms with Gasteiger partial charge in [0.15, 0.2) is 0 Å². The lowest BCUT2D eigenvalue weighted by molar-refractivity contribution is 0.0213. The first kappa shape index (κ1) is 15.1. The third kappa shape index (κ3) is 3.08. The quantitative estimate of drug-likeness (QED) is 0.884. The van der Waals surface area contributed by atoms with E-state index >= 15 is 0 Å². The van der Waals surface area contributed by atoms with Gasteiger partial charge in [-0.1, -0.05) is 49.0 Å². The van der Waals surface area contributed by atoms with Gasteiger partial charge in [-0.2, -0.15) is 0 Å². The fourth-order valence-corrected chi connectivity index (χ4v) is 3.74. The minimum absolute atomic E-state index is 0.0486. The molecule has 0 aromatic heterocycles. The van der Waals surface area contributed by atoms with Crippen molar-refractivity contribution < 1.29 is 5.11 Å². The minimum Gasteiger partial charge on any atom is -0.392 e. The molecule has 4 heteroatoms. The maximum Gasteiger partial charge on any atom is 0.0674 e. The molecule has 1 fully saturated rings. The summed E-state index contributed by atoms with van der Waals surface area (Å²) >= 11 is 12.2. The van der Waals surface area contributed by atoms with Crippen LogP contribution in [-0.4, -0.2) is 17.8 Å². The Morgan fingerprint density at radius 2 is 1.95 bits per heavy atom. The standard InChI is InChI=1S/C15H21Cl2NO/c1-15(6-2-3-7-15)14(19)12(9-18)11-5-4-10(16)8-13(11)17/h4-5,8,12,14,19H,2-3,6-7,9,18H2,1H3. The summed E-state index contributed by atoms with van der Waals surface area (Å²) < 4.78 is 0. The molecular weight excluding hydrogens is 281 g/mol. The van der Waals surface area contributed by atoms with Gasteiger partial charge < -0.3 is 10.8 Å². The van der Waals surface area contributed by atoms with Crippen molar-refractivity contribution in [2.24, 2.45) is 11.1 Å². The molecule has 2 nitrogen and oxygen atoms in total. The van der Waals surface area contributed by atoms with E-state index in [1.807, 2.05) is 6.07 Å². The van der Waals surface area contributed by atoms with Gasteiger partial charge in [-0.3, -0.25) is 0 Å². The summed E-state index contributed by atoms with van der Waals surface area (Å²) in [6.07, 6.45) is 4.00. The van der Waals surface area contributed by atoms with Gasteiger partial charge in [-0.15, -0.1) is 0 Å². The third-order valence-corrected chi connectivity index (χ3v) is 5.02. The maximum absolute atomic E-state index is 10.7. The fourth-order valence-electron chi connectivity index (χ4n) is 3.19. The average molecular weight is 302 g/mol. The Hall–Kier alpha value is -0.280. The average Bonchev–Trinajstić information content (AvgIpc) is 2.81. The van der Waals surface area contributed by atoms with Gasteiger partial charge in [0.2, 0.25) is 0 Å². The van der Waals surface area contributed by atoms with E-state index in [0.717, 1.165) is 18.4 Å². The number of aliphatic hydroxyl groups is 1. The first-order valence-electron chi connectivity index (χ1n) is 6.81. The summed E-state index contributed by atoms with van der Waals surface area (Å²) in [6.45, 7) is 2.54. The minimum atomic E-state index is -0.460. The first-order valence-corrected chi connectivity index (χ1v) is 7.56. The van der Waals surface area contributed by atoms with E-state index in [1.54, 1.807) is 12.1 Å². The Kier molecular flexibility index (Phi) is 4.78. The lowest BCUT2D eigenvalue weighted by atomic mass is 9.74. The van der Waals surface area contributed by atoms with Crippen molar-refractivity contribution in [3.8, 4) is 0 Å². The van der Waals surface area contributed by atoms with Gasteiger partial charge >= 0.3 is 0 Å². The van der Waals surface area contributed by atoms with E-state index in [1.165, 1.54) is 12.8 Å². The number of hydrogen-bond donors (Lipinski definition) is 2. The zero-order chi connectivity index (χ0) is 14.0. The molecule has 1 aliphatic carbocycles. The number of hydrogen-bond acceptors (Lipinski definition) is 2. The molecule has 19 heavy (non-hydrogen) atoms. The van der Waals surface area contributed by atoms with E-state index < -0.39 is 6.10 Å². The largest absolute Gasteiger partial charge is 0.392 e. The highest BCUT2D eigenvalue weighted by Crippen LogP contribution is 2.45. The molecule has 0 bridgehead atoms. The number of nitrogens with two attached hydrogens (primary N) is 1. The highest BCUT2D eigenvalue weighted by atomic mass is 35.5. The molecule has 1 aromatic carbocycles. The molecule has 1 saturated carbocycles. The Labute approximate surface area is 124 Å². The third-order valence-electron chi connectivity index (χ3n) is 4.46. The van der Waals surface area contributed by atoms with Crippen molar-refractivity contribution in [1.29, 1.82) is 0 Å². The molecule has 2 rings (SSSR count). The van der Waals surface area contributed by atoms with Crippen molar-refractivity contribution in [1.82, 2.24) is 0 Å². The van der Waals surface area contributed by atoms with Gasteiger partial charge in [0.05, 0.1) is 6.10 Å². The lowest BCUT2D eigenvalue weighted by Gasteiger charge is -2.36. The van der Waals surface area contributed by atoms with Crippen molar-refractivity contribution in [2.75, 3.05) is 6.54 Å². The molecule has 106 valence electrons. The topological polar surface area (TPSA) is 46.2 Å². The van der Waals surface area contributed by atoms with Crippen LogP contribution in [0.15, 0.2) is 18.2 Å². The number of benzene rings is 1. The van der Waals surface area contributed by atoms with Crippen LogP contribution in [0.2, 0.25) is 10.0 Å². The van der Waals surface area contributed by atoms with E-state index in [9.17, 15) is 5.11 Å². The van der Waals surface area contributed by atoms with E-state index in [2.05, 4.69) is 6.92 Å². The zero-order valence-corrected chi connectivity index (χ0v) is 12.7. The summed E-state index contributed by atoms with van der Waals surface area (Å²) in [4.78, 5) is 0. The van der Waals surface area contributed by atoms with Gasteiger partial charge in [0.1, 0.15) is 0 Å². The van der Waals surface area contributed by atoms with E-state index in [0.29, 0.717) is 16.6 Å². The van der Waals surface area contributed by atoms with E-state index in [-0.39, 0.29) is 11.3 Å². The summed E-state index contributed by atoms with van der Waals surface area (Å²) in [5, 5.41) is 11.9. The lowest BCUT2D eigenvalue weighted by Crippen LogP contribution is -2.38. The Balaban J connectivity index is 2.28. The Bertz CT molecular complexity index is 444. The van der Waals surface area contributed by atoms with Crippen LogP contribution in [0.25, 0.3) is 0 Å². The summed E-state index contributed by atoms with van der Waals surface area (Å²) in [6, 6.07) is 5.39. The van der Waals surface area contributed by atoms with Crippen LogP contribution < -0.4 is 5.73 Å². The number of rotatable bonds is 4. The highest BCUT2D eigenvalue weighted by Gasteiger charge is 2.40. The maximum atomic E-state index is 10.7. The van der Waals surface area contributed by atoms with Crippen LogP contribution in [0.3, 0.4) is 0 Å². The molecule has 0 amide bonds. The first-order chi connectivity index (χ1) is 8.98. The molecule has 0 aliphatic heterocycles. The van der Waals surface area contributed by atoms with Gasteiger partial charge in [-0.25, -0.2) is 0 Å². The molecular formula is C15H21Cl2NO. The second kappa shape index (κ2) is 6.01. The fraction of sp³-hybridized carbons (Fsp3) is 0.600. The van der Waals surface area contributed by atoms with Crippen LogP contribution >= 0.6 is 23.2 Å². The zero-order valence-electron chi connectivity index (χ0n) is 11.2. The number of aliphatic hydroxyl groups excluding tert-OH is 1. The molecule has 2 atom stereocenters. The second-order valence-electron chi connectivity index (χ2n) is 5.81. The van der Waals surface area contributed by atoms with Crippen molar-refractivity contribution in [3.05, 3.63) is 33.8 Å². The molecule has 2 unspecified atom stereocenters. The van der Waals surface area contributed by atoms with Crippen LogP contribution in [0, 0.1) is 5.41 Å². The van der Waals surface area contributed by atoms with Crippen LogP contribution in [0.1, 0.15) is 44.1 Å². The SMILES string of the molecule is CC1(C(O)C(CN)c2ccc(Cl)cc2Cl)CCCC1. The molecule has 0 spiro atoms. The van der Waals surface area contributed by atoms with Gasteiger partial charge in [0, 0.05) is 22.5 Å². The Morgan fingerprint density at radius 3 is 2.47 bits per heavy atom. The van der Waals surface area contributed by atoms with E-state index in [4.69, 9.17) is 28.9 Å². The molecule has 0 heterocycles. The van der Waals surface area contributed by atoms with Gasteiger partial charge in [0.25, 0.3) is 0 Å². The molecule has 1 aliphatic rings. The normalized spacial score (nSPS) is 21.3. The smallest absolute Gasteiger partial charge is 0.0674 e. The van der Waals surface area contributed by atoms with Crippen LogP contribution in [0.4, 0.5) is 0 Å². The van der Waals surface area contributed by atoms with Crippen molar-refractivity contribution >= 4 is 23.2 Å². The second-order valence-corrected chi connectivity index (χ2v) is 6.66. The van der Waals surface area contributed by atoms with Crippen LogP contribution in [0.5, 0.6) is 0 Å². The predicted octanol–water partition coefficient (Wildman–Crippen LogP) is 3.98. The molecule has 0 saturated heterocycles. The summed E-state index contributed by atoms with van der Waals surface area (Å²) in [7, 11) is 0. The van der Waals surface area contributed by atoms with Gasteiger partial charge in [-0.05, 0) is 36.0 Å². The Morgan fingerprint density at radius 1 is 1.32 bits per heavy atom. The van der Waals surface area contributed by atoms with Crippen molar-refractivity contribution in [3.63, 3.8) is 0 Å².